The molecule has 0 aliphatic heterocycles. The van der Waals surface area contributed by atoms with Gasteiger partial charge in [-0.1, -0.05) is 13.0 Å². The molecule has 0 atom stereocenters. The minimum atomic E-state index is 0.902. The van der Waals surface area contributed by atoms with Crippen molar-refractivity contribution in [3.05, 3.63) is 10.7 Å². The molecule has 0 spiro atoms. The first-order valence-electron chi connectivity index (χ1n) is 2.65. The van der Waals surface area contributed by atoms with Crippen LogP contribution in [0.1, 0.15) is 20.3 Å². The van der Waals surface area contributed by atoms with E-state index in [-0.39, 0.29) is 0 Å². The summed E-state index contributed by atoms with van der Waals surface area (Å²) >= 11 is 3.24. The van der Waals surface area contributed by atoms with E-state index < -0.39 is 0 Å². The van der Waals surface area contributed by atoms with Crippen LogP contribution in [0.4, 0.5) is 0 Å². The Morgan fingerprint density at radius 3 is 2.75 bits per heavy atom. The van der Waals surface area contributed by atoms with Gasteiger partial charge in [0, 0.05) is 6.21 Å². The summed E-state index contributed by atoms with van der Waals surface area (Å²) in [6.45, 7) is 4.00. The molecule has 0 saturated heterocycles. The second kappa shape index (κ2) is 5.04. The number of hydrogen-bond acceptors (Lipinski definition) is 1. The molecule has 0 radical (unpaired) electrons. The van der Waals surface area contributed by atoms with E-state index in [0.29, 0.717) is 0 Å². The van der Waals surface area contributed by atoms with Crippen molar-refractivity contribution < 1.29 is 0 Å². The summed E-state index contributed by atoms with van der Waals surface area (Å²) in [5, 5.41) is 0. The van der Waals surface area contributed by atoms with Crippen molar-refractivity contribution in [3.63, 3.8) is 0 Å². The van der Waals surface area contributed by atoms with Crippen LogP contribution in [0, 0.1) is 0 Å². The van der Waals surface area contributed by atoms with Crippen LogP contribution in [0.15, 0.2) is 15.7 Å². The second-order valence-corrected chi connectivity index (χ2v) is 2.14. The summed E-state index contributed by atoms with van der Waals surface area (Å²) in [5.41, 5.74) is 0. The molecular weight excluding hydrogens is 166 g/mol. The zero-order valence-corrected chi connectivity index (χ0v) is 6.77. The Morgan fingerprint density at radius 2 is 2.38 bits per heavy atom. The smallest absolute Gasteiger partial charge is 0.101 e. The van der Waals surface area contributed by atoms with E-state index in [1.165, 1.54) is 0 Å². The minimum absolute atomic E-state index is 0.902. The normalized spacial score (nSPS) is 13.1. The van der Waals surface area contributed by atoms with Gasteiger partial charge in [0.15, 0.2) is 0 Å². The highest BCUT2D eigenvalue weighted by Crippen LogP contribution is 2.03. The molecule has 0 saturated carbocycles. The van der Waals surface area contributed by atoms with E-state index in [1.807, 2.05) is 19.2 Å². The molecular formula is C6H10BrN. The molecule has 0 unspecified atom stereocenters. The van der Waals surface area contributed by atoms with Gasteiger partial charge in [-0.05, 0) is 29.3 Å². The van der Waals surface area contributed by atoms with Crippen LogP contribution in [0.2, 0.25) is 0 Å². The third-order valence-corrected chi connectivity index (χ3v) is 1.30. The lowest BCUT2D eigenvalue weighted by Gasteiger charge is -1.81. The molecule has 0 aromatic rings. The maximum Gasteiger partial charge on any atom is 0.101 e. The van der Waals surface area contributed by atoms with E-state index in [4.69, 9.17) is 0 Å². The molecule has 0 bridgehead atoms. The SMILES string of the molecule is C/C=C(/Br)N=CCC. The van der Waals surface area contributed by atoms with E-state index >= 15 is 0 Å². The van der Waals surface area contributed by atoms with Crippen molar-refractivity contribution in [2.75, 3.05) is 0 Å². The van der Waals surface area contributed by atoms with Gasteiger partial charge in [0.25, 0.3) is 0 Å². The molecule has 0 aliphatic rings. The number of aliphatic imine (C=N–C) groups is 1. The fourth-order valence-electron chi connectivity index (χ4n) is 0.253. The van der Waals surface area contributed by atoms with Crippen LogP contribution < -0.4 is 0 Å². The van der Waals surface area contributed by atoms with Gasteiger partial charge >= 0.3 is 0 Å². The topological polar surface area (TPSA) is 12.4 Å². The summed E-state index contributed by atoms with van der Waals surface area (Å²) in [5.74, 6) is 0. The fraction of sp³-hybridized carbons (Fsp3) is 0.500. The van der Waals surface area contributed by atoms with Crippen LogP contribution in [0.5, 0.6) is 0 Å². The van der Waals surface area contributed by atoms with Gasteiger partial charge in [-0.15, -0.1) is 0 Å². The van der Waals surface area contributed by atoms with Crippen LogP contribution in [0.3, 0.4) is 0 Å². The monoisotopic (exact) mass is 175 g/mol. The largest absolute Gasteiger partial charge is 0.254 e. The summed E-state index contributed by atoms with van der Waals surface area (Å²) in [4.78, 5) is 4.01. The lowest BCUT2D eigenvalue weighted by molar-refractivity contribution is 1.31. The maximum absolute atomic E-state index is 4.01. The molecule has 0 N–H and O–H groups in total. The number of halogens is 1. The summed E-state index contributed by atoms with van der Waals surface area (Å²) in [7, 11) is 0. The predicted molar refractivity (Wildman–Crippen MR) is 41.5 cm³/mol. The molecule has 0 heterocycles. The van der Waals surface area contributed by atoms with Crippen LogP contribution in [-0.4, -0.2) is 6.21 Å². The molecule has 46 valence electrons. The zero-order valence-electron chi connectivity index (χ0n) is 5.19. The van der Waals surface area contributed by atoms with Crippen molar-refractivity contribution in [2.24, 2.45) is 4.99 Å². The standard InChI is InChI=1S/C6H10BrN/c1-3-5-8-6(7)4-2/h4-5H,3H2,1-2H3/b6-4-,8-5?. The van der Waals surface area contributed by atoms with E-state index in [0.717, 1.165) is 11.0 Å². The van der Waals surface area contributed by atoms with Crippen LogP contribution >= 0.6 is 15.9 Å². The average Bonchev–Trinajstić information content (AvgIpc) is 1.83. The first-order chi connectivity index (χ1) is 3.81. The first kappa shape index (κ1) is 7.89. The molecule has 0 aliphatic carbocycles. The molecule has 2 heteroatoms. The number of rotatable bonds is 2. The first-order valence-corrected chi connectivity index (χ1v) is 3.45. The average molecular weight is 176 g/mol. The van der Waals surface area contributed by atoms with Crippen molar-refractivity contribution >= 4 is 22.1 Å². The van der Waals surface area contributed by atoms with E-state index in [9.17, 15) is 0 Å². The highest BCUT2D eigenvalue weighted by molar-refractivity contribution is 9.11. The number of allylic oxidation sites excluding steroid dienone is 1. The number of nitrogens with zero attached hydrogens (tertiary/aromatic N) is 1. The van der Waals surface area contributed by atoms with Crippen LogP contribution in [-0.2, 0) is 0 Å². The second-order valence-electron chi connectivity index (χ2n) is 1.33. The van der Waals surface area contributed by atoms with E-state index in [2.05, 4.69) is 27.8 Å². The Balaban J connectivity index is 3.53. The molecule has 0 aromatic carbocycles. The Bertz CT molecular complexity index is 105. The molecule has 1 nitrogen and oxygen atoms in total. The van der Waals surface area contributed by atoms with Gasteiger partial charge in [-0.2, -0.15) is 0 Å². The summed E-state index contributed by atoms with van der Waals surface area (Å²) in [6, 6.07) is 0. The maximum atomic E-state index is 4.01. The molecule has 0 rings (SSSR count). The third kappa shape index (κ3) is 4.06. The Morgan fingerprint density at radius 1 is 1.75 bits per heavy atom. The predicted octanol–water partition coefficient (Wildman–Crippen LogP) is 2.72. The van der Waals surface area contributed by atoms with Crippen molar-refractivity contribution in [1.82, 2.24) is 0 Å². The van der Waals surface area contributed by atoms with Gasteiger partial charge in [0.05, 0.1) is 0 Å². The highest BCUT2D eigenvalue weighted by atomic mass is 79.9. The van der Waals surface area contributed by atoms with Gasteiger partial charge in [-0.3, -0.25) is 4.99 Å². The van der Waals surface area contributed by atoms with Crippen molar-refractivity contribution in [2.45, 2.75) is 20.3 Å². The fourth-order valence-corrected chi connectivity index (χ4v) is 0.398. The molecule has 8 heavy (non-hydrogen) atoms. The Kier molecular flexibility index (Phi) is 4.97. The Hall–Kier alpha value is -0.110. The third-order valence-electron chi connectivity index (χ3n) is 0.635. The van der Waals surface area contributed by atoms with Gasteiger partial charge in [-0.25, -0.2) is 0 Å². The van der Waals surface area contributed by atoms with Crippen molar-refractivity contribution in [3.8, 4) is 0 Å². The van der Waals surface area contributed by atoms with Gasteiger partial charge in [0.2, 0.25) is 0 Å². The highest BCUT2D eigenvalue weighted by Gasteiger charge is 1.75. The van der Waals surface area contributed by atoms with E-state index in [1.54, 1.807) is 0 Å². The minimum Gasteiger partial charge on any atom is -0.254 e. The molecule has 0 aromatic heterocycles. The number of hydrogen-bond donors (Lipinski definition) is 0. The van der Waals surface area contributed by atoms with Gasteiger partial charge < -0.3 is 0 Å². The lowest BCUT2D eigenvalue weighted by Crippen LogP contribution is -1.66. The zero-order chi connectivity index (χ0) is 6.41. The van der Waals surface area contributed by atoms with Crippen LogP contribution in [0.25, 0.3) is 0 Å². The quantitative estimate of drug-likeness (QED) is 0.453. The van der Waals surface area contributed by atoms with Gasteiger partial charge in [0.1, 0.15) is 4.61 Å². The lowest BCUT2D eigenvalue weighted by atomic mass is 10.5. The summed E-state index contributed by atoms with van der Waals surface area (Å²) in [6.07, 6.45) is 4.76. The Labute approximate surface area is 58.6 Å². The summed E-state index contributed by atoms with van der Waals surface area (Å²) < 4.78 is 0.902. The van der Waals surface area contributed by atoms with Crippen molar-refractivity contribution in [1.29, 1.82) is 0 Å². The molecule has 0 fully saturated rings. The molecule has 0 amide bonds.